The van der Waals surface area contributed by atoms with Crippen molar-refractivity contribution >= 4 is 11.6 Å². The van der Waals surface area contributed by atoms with Crippen molar-refractivity contribution in [1.29, 1.82) is 0 Å². The number of benzene rings is 1. The fraction of sp³-hybridized carbons (Fsp3) is 0.154. The first-order valence-corrected chi connectivity index (χ1v) is 6.04. The lowest BCUT2D eigenvalue weighted by molar-refractivity contribution is -0.274. The molecule has 1 aromatic carbocycles. The summed E-state index contributed by atoms with van der Waals surface area (Å²) in [5.41, 5.74) is -1.46. The van der Waals surface area contributed by atoms with Gasteiger partial charge in [0.2, 0.25) is 0 Å². The number of hydrogen-bond acceptors (Lipinski definition) is 2. The van der Waals surface area contributed by atoms with E-state index in [4.69, 9.17) is 11.6 Å². The maximum atomic E-state index is 12.5. The molecule has 2 rings (SSSR count). The zero-order valence-corrected chi connectivity index (χ0v) is 11.2. The number of ether oxygens (including phenoxy) is 1. The molecular formula is C13H6ClF6NO. The highest BCUT2D eigenvalue weighted by Crippen LogP contribution is 2.38. The van der Waals surface area contributed by atoms with E-state index in [1.807, 2.05) is 0 Å². The van der Waals surface area contributed by atoms with Gasteiger partial charge in [0, 0.05) is 11.1 Å². The molecule has 0 unspecified atom stereocenters. The van der Waals surface area contributed by atoms with Crippen LogP contribution in [-0.2, 0) is 6.18 Å². The SMILES string of the molecule is FC(F)(F)Oc1ccccc1-c1ccc(C(F)(F)F)nc1Cl. The fourth-order valence-electron chi connectivity index (χ4n) is 1.70. The molecule has 0 N–H and O–H groups in total. The van der Waals surface area contributed by atoms with Gasteiger partial charge >= 0.3 is 12.5 Å². The molecule has 2 aromatic rings. The van der Waals surface area contributed by atoms with Crippen molar-refractivity contribution in [2.24, 2.45) is 0 Å². The highest BCUT2D eigenvalue weighted by Gasteiger charge is 2.34. The van der Waals surface area contributed by atoms with Gasteiger partial charge in [-0.3, -0.25) is 0 Å². The second kappa shape index (κ2) is 5.68. The Bertz CT molecular complexity index is 683. The largest absolute Gasteiger partial charge is 0.573 e. The minimum absolute atomic E-state index is 0.102. The van der Waals surface area contributed by atoms with E-state index in [9.17, 15) is 26.3 Å². The molecule has 0 spiro atoms. The van der Waals surface area contributed by atoms with E-state index in [2.05, 4.69) is 9.72 Å². The third-order valence-electron chi connectivity index (χ3n) is 2.54. The van der Waals surface area contributed by atoms with Crippen LogP contribution in [0.25, 0.3) is 11.1 Å². The van der Waals surface area contributed by atoms with E-state index in [1.54, 1.807) is 0 Å². The van der Waals surface area contributed by atoms with Gasteiger partial charge in [-0.25, -0.2) is 4.98 Å². The normalized spacial score (nSPS) is 12.3. The number of para-hydroxylation sites is 1. The van der Waals surface area contributed by atoms with Crippen molar-refractivity contribution in [3.05, 3.63) is 47.2 Å². The van der Waals surface area contributed by atoms with Crippen LogP contribution in [0.15, 0.2) is 36.4 Å². The molecule has 9 heteroatoms. The van der Waals surface area contributed by atoms with Crippen LogP contribution >= 0.6 is 11.6 Å². The Kier molecular flexibility index (Phi) is 4.23. The Morgan fingerprint density at radius 2 is 1.50 bits per heavy atom. The van der Waals surface area contributed by atoms with Crippen molar-refractivity contribution in [1.82, 2.24) is 4.98 Å². The molecule has 0 radical (unpaired) electrons. The van der Waals surface area contributed by atoms with Crippen molar-refractivity contribution in [3.63, 3.8) is 0 Å². The standard InChI is InChI=1S/C13H6ClF6NO/c14-11-8(5-6-10(21-11)12(15,16)17)7-3-1-2-4-9(7)22-13(18,19)20/h1-6H. The highest BCUT2D eigenvalue weighted by atomic mass is 35.5. The summed E-state index contributed by atoms with van der Waals surface area (Å²) in [6.45, 7) is 0. The van der Waals surface area contributed by atoms with Gasteiger partial charge in [-0.15, -0.1) is 13.2 Å². The van der Waals surface area contributed by atoms with Gasteiger partial charge in [0.05, 0.1) is 0 Å². The van der Waals surface area contributed by atoms with Crippen LogP contribution in [0, 0.1) is 0 Å². The molecular weight excluding hydrogens is 336 g/mol. The number of rotatable bonds is 2. The molecule has 22 heavy (non-hydrogen) atoms. The van der Waals surface area contributed by atoms with Gasteiger partial charge in [-0.2, -0.15) is 13.2 Å². The van der Waals surface area contributed by atoms with Gasteiger partial charge in [0.15, 0.2) is 0 Å². The lowest BCUT2D eigenvalue weighted by Crippen LogP contribution is -2.17. The van der Waals surface area contributed by atoms with Crippen LogP contribution in [0.3, 0.4) is 0 Å². The average molecular weight is 342 g/mol. The van der Waals surface area contributed by atoms with Crippen molar-refractivity contribution in [2.75, 3.05) is 0 Å². The van der Waals surface area contributed by atoms with Gasteiger partial charge in [-0.05, 0) is 18.2 Å². The summed E-state index contributed by atoms with van der Waals surface area (Å²) in [7, 11) is 0. The molecule has 0 bridgehead atoms. The number of pyridine rings is 1. The summed E-state index contributed by atoms with van der Waals surface area (Å²) >= 11 is 5.67. The Morgan fingerprint density at radius 1 is 0.864 bits per heavy atom. The number of alkyl halides is 6. The fourth-order valence-corrected chi connectivity index (χ4v) is 1.95. The smallest absolute Gasteiger partial charge is 0.405 e. The molecule has 0 aliphatic rings. The van der Waals surface area contributed by atoms with Crippen LogP contribution in [-0.4, -0.2) is 11.3 Å². The molecule has 2 nitrogen and oxygen atoms in total. The number of aromatic nitrogens is 1. The summed E-state index contributed by atoms with van der Waals surface area (Å²) in [5.74, 6) is -0.585. The first kappa shape index (κ1) is 16.4. The van der Waals surface area contributed by atoms with Gasteiger partial charge in [0.25, 0.3) is 0 Å². The van der Waals surface area contributed by atoms with Gasteiger partial charge in [0.1, 0.15) is 16.6 Å². The molecule has 0 fully saturated rings. The van der Waals surface area contributed by atoms with Crippen LogP contribution < -0.4 is 4.74 Å². The quantitative estimate of drug-likeness (QED) is 0.545. The number of halogens is 7. The molecule has 0 saturated heterocycles. The van der Waals surface area contributed by atoms with Crippen molar-refractivity contribution in [2.45, 2.75) is 12.5 Å². The lowest BCUT2D eigenvalue weighted by atomic mass is 10.1. The molecule has 0 aliphatic heterocycles. The molecule has 1 aromatic heterocycles. The Balaban J connectivity index is 2.49. The van der Waals surface area contributed by atoms with Crippen molar-refractivity contribution < 1.29 is 31.1 Å². The first-order valence-electron chi connectivity index (χ1n) is 5.67. The molecule has 1 heterocycles. The second-order valence-corrected chi connectivity index (χ2v) is 4.43. The lowest BCUT2D eigenvalue weighted by Gasteiger charge is -2.14. The number of nitrogens with zero attached hydrogens (tertiary/aromatic N) is 1. The second-order valence-electron chi connectivity index (χ2n) is 4.08. The van der Waals surface area contributed by atoms with Crippen LogP contribution in [0.1, 0.15) is 5.69 Å². The van der Waals surface area contributed by atoms with E-state index < -0.39 is 29.1 Å². The first-order chi connectivity index (χ1) is 10.1. The third-order valence-corrected chi connectivity index (χ3v) is 2.83. The Hall–Kier alpha value is -1.96. The van der Waals surface area contributed by atoms with Crippen molar-refractivity contribution in [3.8, 4) is 16.9 Å². The summed E-state index contributed by atoms with van der Waals surface area (Å²) < 4.78 is 78.4. The van der Waals surface area contributed by atoms with Crippen LogP contribution in [0.5, 0.6) is 5.75 Å². The maximum absolute atomic E-state index is 12.5. The summed E-state index contributed by atoms with van der Waals surface area (Å²) in [6.07, 6.45) is -9.65. The van der Waals surface area contributed by atoms with E-state index in [0.717, 1.165) is 12.1 Å². The average Bonchev–Trinajstić information content (AvgIpc) is 2.37. The summed E-state index contributed by atoms with van der Waals surface area (Å²) in [4.78, 5) is 3.16. The monoisotopic (exact) mass is 341 g/mol. The molecule has 118 valence electrons. The highest BCUT2D eigenvalue weighted by molar-refractivity contribution is 6.32. The van der Waals surface area contributed by atoms with Gasteiger partial charge < -0.3 is 4.74 Å². The van der Waals surface area contributed by atoms with E-state index in [1.165, 1.54) is 18.2 Å². The van der Waals surface area contributed by atoms with Crippen LogP contribution in [0.4, 0.5) is 26.3 Å². The van der Waals surface area contributed by atoms with Gasteiger partial charge in [-0.1, -0.05) is 29.8 Å². The zero-order chi connectivity index (χ0) is 16.5. The predicted molar refractivity (Wildman–Crippen MR) is 66.4 cm³/mol. The minimum Gasteiger partial charge on any atom is -0.405 e. The maximum Gasteiger partial charge on any atom is 0.573 e. The predicted octanol–water partition coefficient (Wildman–Crippen LogP) is 5.32. The number of hydrogen-bond donors (Lipinski definition) is 0. The van der Waals surface area contributed by atoms with E-state index in [0.29, 0.717) is 6.07 Å². The van der Waals surface area contributed by atoms with E-state index in [-0.39, 0.29) is 11.1 Å². The third kappa shape index (κ3) is 3.82. The van der Waals surface area contributed by atoms with E-state index >= 15 is 0 Å². The van der Waals surface area contributed by atoms with Crippen LogP contribution in [0.2, 0.25) is 5.15 Å². The summed E-state index contributed by atoms with van der Waals surface area (Å²) in [5, 5.41) is -0.576. The molecule has 0 saturated carbocycles. The Labute approximate surface area is 125 Å². The Morgan fingerprint density at radius 3 is 2.05 bits per heavy atom. The summed E-state index contributed by atoms with van der Waals surface area (Å²) in [6, 6.07) is 6.51. The molecule has 0 aliphatic carbocycles. The minimum atomic E-state index is -4.94. The molecule has 0 amide bonds. The molecule has 0 atom stereocenters. The topological polar surface area (TPSA) is 22.1 Å². The zero-order valence-electron chi connectivity index (χ0n) is 10.5.